The van der Waals surface area contributed by atoms with Crippen LogP contribution in [0.25, 0.3) is 6.08 Å². The summed E-state index contributed by atoms with van der Waals surface area (Å²) in [5.74, 6) is -0.626. The zero-order valence-electron chi connectivity index (χ0n) is 16.3. The molecule has 5 nitrogen and oxygen atoms in total. The Hall–Kier alpha value is -2.14. The lowest BCUT2D eigenvalue weighted by Crippen LogP contribution is -2.00. The zero-order valence-corrected chi connectivity index (χ0v) is 16.3. The fourth-order valence-electron chi connectivity index (χ4n) is 2.69. The van der Waals surface area contributed by atoms with Crippen LogP contribution >= 0.6 is 0 Å². The van der Waals surface area contributed by atoms with E-state index < -0.39 is 12.1 Å². The van der Waals surface area contributed by atoms with E-state index in [0.29, 0.717) is 30.7 Å². The maximum absolute atomic E-state index is 10.5. The number of aryl methyl sites for hydroxylation is 1. The number of carboxylic acids is 1. The van der Waals surface area contributed by atoms with E-state index >= 15 is 0 Å². The van der Waals surface area contributed by atoms with Gasteiger partial charge < -0.3 is 15.3 Å². The zero-order chi connectivity index (χ0) is 19.9. The largest absolute Gasteiger partial charge is 0.506 e. The van der Waals surface area contributed by atoms with Gasteiger partial charge in [-0.1, -0.05) is 44.4 Å². The van der Waals surface area contributed by atoms with Gasteiger partial charge in [0.1, 0.15) is 5.75 Å². The van der Waals surface area contributed by atoms with Crippen molar-refractivity contribution in [1.82, 2.24) is 4.98 Å². The number of pyridine rings is 1. The van der Waals surface area contributed by atoms with Crippen LogP contribution in [-0.4, -0.2) is 32.4 Å². The van der Waals surface area contributed by atoms with Crippen molar-refractivity contribution in [1.29, 1.82) is 0 Å². The molecule has 0 aromatic carbocycles. The summed E-state index contributed by atoms with van der Waals surface area (Å²) in [5, 5.41) is 28.6. The molecule has 1 rings (SSSR count). The Balaban J connectivity index is 2.43. The van der Waals surface area contributed by atoms with Gasteiger partial charge in [-0.15, -0.1) is 0 Å². The first-order valence-corrected chi connectivity index (χ1v) is 9.95. The molecule has 1 atom stereocenters. The number of unbranched alkanes of at least 4 members (excludes halogenated alkanes) is 5. The molecule has 1 heterocycles. The third-order valence-corrected chi connectivity index (χ3v) is 4.28. The Kier molecular flexibility index (Phi) is 11.9. The Labute approximate surface area is 162 Å². The lowest BCUT2D eigenvalue weighted by molar-refractivity contribution is -0.137. The van der Waals surface area contributed by atoms with E-state index in [1.54, 1.807) is 24.3 Å². The summed E-state index contributed by atoms with van der Waals surface area (Å²) >= 11 is 0. The first-order chi connectivity index (χ1) is 13.0. The highest BCUT2D eigenvalue weighted by atomic mass is 16.4. The number of carboxylic acid groups (broad SMARTS) is 1. The quantitative estimate of drug-likeness (QED) is 0.319. The van der Waals surface area contributed by atoms with Crippen LogP contribution in [0.2, 0.25) is 0 Å². The average Bonchev–Trinajstić information content (AvgIpc) is 2.64. The van der Waals surface area contributed by atoms with Gasteiger partial charge in [0.05, 0.1) is 17.5 Å². The van der Waals surface area contributed by atoms with Crippen molar-refractivity contribution in [3.8, 4) is 5.75 Å². The number of aliphatic hydroxyl groups is 1. The van der Waals surface area contributed by atoms with Crippen LogP contribution in [0.15, 0.2) is 30.4 Å². The van der Waals surface area contributed by atoms with Crippen LogP contribution in [0.1, 0.15) is 76.1 Å². The number of nitrogens with zero attached hydrogens (tertiary/aromatic N) is 1. The second-order valence-corrected chi connectivity index (χ2v) is 6.79. The summed E-state index contributed by atoms with van der Waals surface area (Å²) < 4.78 is 0. The van der Waals surface area contributed by atoms with Gasteiger partial charge in [0.2, 0.25) is 0 Å². The molecule has 27 heavy (non-hydrogen) atoms. The van der Waals surface area contributed by atoms with E-state index in [1.165, 1.54) is 19.3 Å². The second-order valence-electron chi connectivity index (χ2n) is 6.79. The number of rotatable bonds is 14. The molecule has 1 aromatic heterocycles. The summed E-state index contributed by atoms with van der Waals surface area (Å²) in [6.45, 7) is 2.18. The lowest BCUT2D eigenvalue weighted by Gasteiger charge is -2.06. The van der Waals surface area contributed by atoms with Crippen LogP contribution in [0, 0.1) is 0 Å². The fourth-order valence-corrected chi connectivity index (χ4v) is 2.69. The predicted molar refractivity (Wildman–Crippen MR) is 109 cm³/mol. The number of aromatic nitrogens is 1. The number of aliphatic hydroxyl groups excluding tert-OH is 1. The molecule has 0 unspecified atom stereocenters. The number of carbonyl (C=O) groups is 1. The first kappa shape index (κ1) is 22.9. The molecule has 0 bridgehead atoms. The SMILES string of the molecule is CCCCCC=CC[C@H](O)C=Cc1ccc(O)c(CCCCCC(=O)O)n1. The number of hydrogen-bond acceptors (Lipinski definition) is 4. The Morgan fingerprint density at radius 1 is 1.15 bits per heavy atom. The van der Waals surface area contributed by atoms with Crippen LogP contribution < -0.4 is 0 Å². The van der Waals surface area contributed by atoms with Crippen molar-refractivity contribution < 1.29 is 20.1 Å². The van der Waals surface area contributed by atoms with Crippen molar-refractivity contribution in [2.45, 2.75) is 77.2 Å². The molecule has 0 aliphatic heterocycles. The summed E-state index contributed by atoms with van der Waals surface area (Å²) in [4.78, 5) is 14.9. The highest BCUT2D eigenvalue weighted by molar-refractivity contribution is 5.66. The highest BCUT2D eigenvalue weighted by Crippen LogP contribution is 2.19. The molecule has 0 aliphatic rings. The molecular weight excluding hydrogens is 342 g/mol. The standard InChI is InChI=1S/C22H33NO4/c1-2-3-4-5-6-8-11-19(24)16-14-18-15-17-21(25)20(23-18)12-9-7-10-13-22(26)27/h6,8,14-17,19,24-25H,2-5,7,9-13H2,1H3,(H,26,27)/t19-/m0/s1. The van der Waals surface area contributed by atoms with E-state index in [0.717, 1.165) is 19.3 Å². The third-order valence-electron chi connectivity index (χ3n) is 4.28. The van der Waals surface area contributed by atoms with Gasteiger partial charge in [-0.25, -0.2) is 4.98 Å². The molecule has 0 fully saturated rings. The maximum Gasteiger partial charge on any atom is 0.303 e. The summed E-state index contributed by atoms with van der Waals surface area (Å²) in [5.41, 5.74) is 1.30. The minimum atomic E-state index is -0.780. The minimum Gasteiger partial charge on any atom is -0.506 e. The van der Waals surface area contributed by atoms with E-state index in [2.05, 4.69) is 18.0 Å². The van der Waals surface area contributed by atoms with Crippen LogP contribution in [0.3, 0.4) is 0 Å². The molecule has 0 saturated heterocycles. The van der Waals surface area contributed by atoms with Crippen molar-refractivity contribution in [3.63, 3.8) is 0 Å². The molecule has 150 valence electrons. The molecular formula is C22H33NO4. The van der Waals surface area contributed by atoms with Gasteiger partial charge in [-0.2, -0.15) is 0 Å². The van der Waals surface area contributed by atoms with Gasteiger partial charge in [0.25, 0.3) is 0 Å². The van der Waals surface area contributed by atoms with Crippen LogP contribution in [0.5, 0.6) is 5.75 Å². The smallest absolute Gasteiger partial charge is 0.303 e. The molecule has 0 radical (unpaired) electrons. The summed E-state index contributed by atoms with van der Waals surface area (Å²) in [6.07, 6.45) is 15.3. The predicted octanol–water partition coefficient (Wildman–Crippen LogP) is 4.88. The molecule has 3 N–H and O–H groups in total. The molecule has 0 amide bonds. The van der Waals surface area contributed by atoms with E-state index in [-0.39, 0.29) is 12.2 Å². The van der Waals surface area contributed by atoms with Crippen molar-refractivity contribution in [3.05, 3.63) is 41.7 Å². The molecule has 1 aromatic rings. The van der Waals surface area contributed by atoms with E-state index in [9.17, 15) is 15.0 Å². The summed E-state index contributed by atoms with van der Waals surface area (Å²) in [6, 6.07) is 3.33. The third kappa shape index (κ3) is 11.2. The fraction of sp³-hybridized carbons (Fsp3) is 0.545. The number of aliphatic carboxylic acids is 1. The van der Waals surface area contributed by atoms with Crippen molar-refractivity contribution in [2.24, 2.45) is 0 Å². The Morgan fingerprint density at radius 2 is 1.96 bits per heavy atom. The Morgan fingerprint density at radius 3 is 2.70 bits per heavy atom. The van der Waals surface area contributed by atoms with Crippen molar-refractivity contribution >= 4 is 12.0 Å². The monoisotopic (exact) mass is 375 g/mol. The van der Waals surface area contributed by atoms with E-state index in [1.807, 2.05) is 6.08 Å². The van der Waals surface area contributed by atoms with Crippen LogP contribution in [0.4, 0.5) is 0 Å². The van der Waals surface area contributed by atoms with Gasteiger partial charge in [0, 0.05) is 6.42 Å². The molecule has 5 heteroatoms. The Bertz CT molecular complexity index is 610. The minimum absolute atomic E-state index is 0.154. The molecule has 0 aliphatic carbocycles. The molecule has 0 spiro atoms. The van der Waals surface area contributed by atoms with Crippen molar-refractivity contribution in [2.75, 3.05) is 0 Å². The number of allylic oxidation sites excluding steroid dienone is 1. The number of aromatic hydroxyl groups is 1. The van der Waals surface area contributed by atoms with Gasteiger partial charge in [-0.05, 0) is 56.7 Å². The number of hydrogen-bond donors (Lipinski definition) is 3. The summed E-state index contributed by atoms with van der Waals surface area (Å²) in [7, 11) is 0. The topological polar surface area (TPSA) is 90.7 Å². The molecule has 0 saturated carbocycles. The van der Waals surface area contributed by atoms with Crippen LogP contribution in [-0.2, 0) is 11.2 Å². The highest BCUT2D eigenvalue weighted by Gasteiger charge is 2.05. The average molecular weight is 376 g/mol. The van der Waals surface area contributed by atoms with Gasteiger partial charge in [0.15, 0.2) is 0 Å². The first-order valence-electron chi connectivity index (χ1n) is 9.95. The maximum atomic E-state index is 10.5. The van der Waals surface area contributed by atoms with Gasteiger partial charge >= 0.3 is 5.97 Å². The van der Waals surface area contributed by atoms with E-state index in [4.69, 9.17) is 5.11 Å². The van der Waals surface area contributed by atoms with Gasteiger partial charge in [-0.3, -0.25) is 4.79 Å². The normalized spacial score (nSPS) is 12.8. The second kappa shape index (κ2) is 14.0. The lowest BCUT2D eigenvalue weighted by atomic mass is 10.1.